The molecule has 0 atom stereocenters. The molecule has 1 aromatic heterocycles. The van der Waals surface area contributed by atoms with Gasteiger partial charge in [0.2, 0.25) is 11.6 Å². The lowest BCUT2D eigenvalue weighted by Crippen LogP contribution is -2.27. The molecule has 1 aromatic rings. The van der Waals surface area contributed by atoms with E-state index in [-0.39, 0.29) is 11.5 Å². The number of anilines is 2. The molecule has 7 heteroatoms. The molecule has 1 aliphatic rings. The molecule has 0 aliphatic heterocycles. The van der Waals surface area contributed by atoms with Crippen molar-refractivity contribution in [1.82, 2.24) is 9.97 Å². The molecule has 0 unspecified atom stereocenters. The summed E-state index contributed by atoms with van der Waals surface area (Å²) < 4.78 is 0. The second-order valence-corrected chi connectivity index (χ2v) is 4.17. The number of nitro groups is 1. The first kappa shape index (κ1) is 11.6. The van der Waals surface area contributed by atoms with Gasteiger partial charge >= 0.3 is 5.69 Å². The standard InChI is InChI=1S/C10H15N5O2/c1-2-14(5-7-3-4-7)10-8(15(16)17)9(11)12-6-13-10/h6-7H,2-5H2,1H3,(H2,11,12,13). The molecule has 0 aromatic carbocycles. The van der Waals surface area contributed by atoms with Crippen LogP contribution in [0.4, 0.5) is 17.3 Å². The van der Waals surface area contributed by atoms with Gasteiger partial charge in [-0.3, -0.25) is 10.1 Å². The lowest BCUT2D eigenvalue weighted by Gasteiger charge is -2.21. The summed E-state index contributed by atoms with van der Waals surface area (Å²) >= 11 is 0. The molecule has 0 amide bonds. The maximum atomic E-state index is 11.0. The fourth-order valence-electron chi connectivity index (χ4n) is 1.77. The van der Waals surface area contributed by atoms with Gasteiger partial charge in [0.05, 0.1) is 4.92 Å². The molecule has 0 bridgehead atoms. The summed E-state index contributed by atoms with van der Waals surface area (Å²) in [6.07, 6.45) is 3.64. The highest BCUT2D eigenvalue weighted by Gasteiger charge is 2.29. The Morgan fingerprint density at radius 1 is 1.59 bits per heavy atom. The van der Waals surface area contributed by atoms with Crippen LogP contribution < -0.4 is 10.6 Å². The lowest BCUT2D eigenvalue weighted by atomic mass is 10.3. The predicted octanol–water partition coefficient (Wildman–Crippen LogP) is 1.20. The summed E-state index contributed by atoms with van der Waals surface area (Å²) in [4.78, 5) is 20.0. The van der Waals surface area contributed by atoms with Gasteiger partial charge in [-0.1, -0.05) is 0 Å². The van der Waals surface area contributed by atoms with E-state index < -0.39 is 4.92 Å². The minimum atomic E-state index is -0.514. The first-order valence-corrected chi connectivity index (χ1v) is 5.63. The molecule has 0 spiro atoms. The molecule has 7 nitrogen and oxygen atoms in total. The van der Waals surface area contributed by atoms with Gasteiger partial charge in [-0.15, -0.1) is 0 Å². The maximum Gasteiger partial charge on any atom is 0.353 e. The van der Waals surface area contributed by atoms with Crippen LogP contribution in [0.1, 0.15) is 19.8 Å². The zero-order chi connectivity index (χ0) is 12.4. The minimum Gasteiger partial charge on any atom is -0.378 e. The third kappa shape index (κ3) is 2.43. The summed E-state index contributed by atoms with van der Waals surface area (Å²) in [6.45, 7) is 3.42. The molecule has 1 heterocycles. The molecule has 0 radical (unpaired) electrons. The largest absolute Gasteiger partial charge is 0.378 e. The molecule has 2 N–H and O–H groups in total. The van der Waals surface area contributed by atoms with E-state index in [0.29, 0.717) is 18.3 Å². The second kappa shape index (κ2) is 4.52. The molecule has 1 saturated carbocycles. The molecular formula is C10H15N5O2. The summed E-state index contributed by atoms with van der Waals surface area (Å²) in [7, 11) is 0. The predicted molar refractivity (Wildman–Crippen MR) is 63.7 cm³/mol. The van der Waals surface area contributed by atoms with Crippen molar-refractivity contribution in [2.24, 2.45) is 5.92 Å². The van der Waals surface area contributed by atoms with Crippen LogP contribution in [0, 0.1) is 16.0 Å². The molecule has 2 rings (SSSR count). The van der Waals surface area contributed by atoms with Gasteiger partial charge in [0.15, 0.2) is 0 Å². The van der Waals surface area contributed by atoms with Crippen molar-refractivity contribution in [2.75, 3.05) is 23.7 Å². The fraction of sp³-hybridized carbons (Fsp3) is 0.600. The Kier molecular flexibility index (Phi) is 3.08. The zero-order valence-corrected chi connectivity index (χ0v) is 9.67. The molecule has 17 heavy (non-hydrogen) atoms. The Bertz CT molecular complexity index is 433. The number of rotatable bonds is 5. The number of hydrogen-bond acceptors (Lipinski definition) is 6. The number of nitrogen functional groups attached to an aromatic ring is 1. The van der Waals surface area contributed by atoms with Crippen LogP contribution in [0.5, 0.6) is 0 Å². The molecule has 0 saturated heterocycles. The first-order chi connectivity index (χ1) is 8.13. The van der Waals surface area contributed by atoms with Gasteiger partial charge in [-0.2, -0.15) is 0 Å². The van der Waals surface area contributed by atoms with E-state index in [4.69, 9.17) is 5.73 Å². The highest BCUT2D eigenvalue weighted by atomic mass is 16.6. The van der Waals surface area contributed by atoms with Gasteiger partial charge in [0, 0.05) is 13.1 Å². The van der Waals surface area contributed by atoms with Crippen molar-refractivity contribution in [3.8, 4) is 0 Å². The van der Waals surface area contributed by atoms with Crippen LogP contribution in [0.2, 0.25) is 0 Å². The Morgan fingerprint density at radius 3 is 2.82 bits per heavy atom. The van der Waals surface area contributed by atoms with Crippen LogP contribution >= 0.6 is 0 Å². The Balaban J connectivity index is 2.33. The van der Waals surface area contributed by atoms with Crippen molar-refractivity contribution in [3.05, 3.63) is 16.4 Å². The van der Waals surface area contributed by atoms with E-state index in [0.717, 1.165) is 6.54 Å². The van der Waals surface area contributed by atoms with Crippen molar-refractivity contribution >= 4 is 17.3 Å². The summed E-state index contributed by atoms with van der Waals surface area (Å²) in [5.41, 5.74) is 5.36. The van der Waals surface area contributed by atoms with E-state index in [1.807, 2.05) is 11.8 Å². The summed E-state index contributed by atoms with van der Waals surface area (Å²) in [6, 6.07) is 0. The van der Waals surface area contributed by atoms with Gasteiger partial charge in [0.25, 0.3) is 0 Å². The molecule has 1 aliphatic carbocycles. The van der Waals surface area contributed by atoms with E-state index in [2.05, 4.69) is 9.97 Å². The SMILES string of the molecule is CCN(CC1CC1)c1ncnc(N)c1[N+](=O)[O-]. The quantitative estimate of drug-likeness (QED) is 0.610. The number of hydrogen-bond donors (Lipinski definition) is 1. The van der Waals surface area contributed by atoms with Crippen molar-refractivity contribution in [2.45, 2.75) is 19.8 Å². The van der Waals surface area contributed by atoms with E-state index >= 15 is 0 Å². The second-order valence-electron chi connectivity index (χ2n) is 4.17. The number of aromatic nitrogens is 2. The number of nitrogens with zero attached hydrogens (tertiary/aromatic N) is 4. The fourth-order valence-corrected chi connectivity index (χ4v) is 1.77. The van der Waals surface area contributed by atoms with Crippen molar-refractivity contribution < 1.29 is 4.92 Å². The molecule has 1 fully saturated rings. The monoisotopic (exact) mass is 237 g/mol. The van der Waals surface area contributed by atoms with Crippen molar-refractivity contribution in [3.63, 3.8) is 0 Å². The summed E-state index contributed by atoms with van der Waals surface area (Å²) in [5, 5.41) is 11.0. The van der Waals surface area contributed by atoms with Crippen LogP contribution in [0.3, 0.4) is 0 Å². The smallest absolute Gasteiger partial charge is 0.353 e. The normalized spacial score (nSPS) is 14.6. The van der Waals surface area contributed by atoms with Crippen LogP contribution in [0.15, 0.2) is 6.33 Å². The first-order valence-electron chi connectivity index (χ1n) is 5.63. The third-order valence-electron chi connectivity index (χ3n) is 2.87. The molecular weight excluding hydrogens is 222 g/mol. The topological polar surface area (TPSA) is 98.2 Å². The lowest BCUT2D eigenvalue weighted by molar-refractivity contribution is -0.383. The Labute approximate surface area is 98.8 Å². The van der Waals surface area contributed by atoms with Gasteiger partial charge in [0.1, 0.15) is 6.33 Å². The zero-order valence-electron chi connectivity index (χ0n) is 9.67. The summed E-state index contributed by atoms with van der Waals surface area (Å²) in [5.74, 6) is 0.886. The third-order valence-corrected chi connectivity index (χ3v) is 2.87. The Hall–Kier alpha value is -1.92. The highest BCUT2D eigenvalue weighted by molar-refractivity contribution is 5.68. The van der Waals surface area contributed by atoms with Gasteiger partial charge in [-0.25, -0.2) is 9.97 Å². The average molecular weight is 237 g/mol. The molecule has 92 valence electrons. The van der Waals surface area contributed by atoms with Crippen molar-refractivity contribution in [1.29, 1.82) is 0 Å². The van der Waals surface area contributed by atoms with Crippen LogP contribution in [0.25, 0.3) is 0 Å². The maximum absolute atomic E-state index is 11.0. The highest BCUT2D eigenvalue weighted by Crippen LogP contribution is 2.34. The minimum absolute atomic E-state index is 0.0748. The Morgan fingerprint density at radius 2 is 2.29 bits per heavy atom. The van der Waals surface area contributed by atoms with Gasteiger partial charge in [-0.05, 0) is 25.7 Å². The van der Waals surface area contributed by atoms with Crippen LogP contribution in [-0.4, -0.2) is 28.0 Å². The average Bonchev–Trinajstić information content (AvgIpc) is 3.08. The number of nitrogens with two attached hydrogens (primary N) is 1. The van der Waals surface area contributed by atoms with E-state index in [1.165, 1.54) is 19.2 Å². The van der Waals surface area contributed by atoms with Crippen LogP contribution in [-0.2, 0) is 0 Å². The van der Waals surface area contributed by atoms with E-state index in [1.54, 1.807) is 0 Å². The van der Waals surface area contributed by atoms with E-state index in [9.17, 15) is 10.1 Å². The van der Waals surface area contributed by atoms with Gasteiger partial charge < -0.3 is 10.6 Å².